The lowest BCUT2D eigenvalue weighted by atomic mass is 10.1. The van der Waals surface area contributed by atoms with E-state index in [0.29, 0.717) is 6.54 Å². The summed E-state index contributed by atoms with van der Waals surface area (Å²) in [6, 6.07) is 7.61. The van der Waals surface area contributed by atoms with Crippen LogP contribution in [-0.2, 0) is 9.53 Å². The zero-order valence-electron chi connectivity index (χ0n) is 9.82. The van der Waals surface area contributed by atoms with E-state index in [1.165, 1.54) is 6.92 Å². The van der Waals surface area contributed by atoms with E-state index in [-0.39, 0.29) is 12.0 Å². The molecule has 0 bridgehead atoms. The highest BCUT2D eigenvalue weighted by Crippen LogP contribution is 2.26. The van der Waals surface area contributed by atoms with Gasteiger partial charge in [0.2, 0.25) is 5.91 Å². The van der Waals surface area contributed by atoms with Gasteiger partial charge in [0.1, 0.15) is 11.9 Å². The molecule has 88 valence electrons. The highest BCUT2D eigenvalue weighted by Gasteiger charge is 2.15. The second-order valence-corrected chi connectivity index (χ2v) is 3.40. The van der Waals surface area contributed by atoms with Gasteiger partial charge in [0.05, 0.1) is 7.11 Å². The average molecular weight is 223 g/mol. The van der Waals surface area contributed by atoms with Crippen LogP contribution < -0.4 is 10.1 Å². The first kappa shape index (κ1) is 12.5. The molecule has 1 atom stereocenters. The molecule has 0 fully saturated rings. The van der Waals surface area contributed by atoms with Gasteiger partial charge in [0.15, 0.2) is 0 Å². The van der Waals surface area contributed by atoms with Crippen molar-refractivity contribution in [2.75, 3.05) is 20.8 Å². The normalized spacial score (nSPS) is 11.9. The smallest absolute Gasteiger partial charge is 0.216 e. The van der Waals surface area contributed by atoms with Crippen molar-refractivity contribution in [3.8, 4) is 5.75 Å². The lowest BCUT2D eigenvalue weighted by Gasteiger charge is -2.18. The summed E-state index contributed by atoms with van der Waals surface area (Å²) in [6.45, 7) is 1.92. The quantitative estimate of drug-likeness (QED) is 0.823. The van der Waals surface area contributed by atoms with E-state index >= 15 is 0 Å². The minimum absolute atomic E-state index is 0.0723. The van der Waals surface area contributed by atoms with Crippen LogP contribution in [0.1, 0.15) is 18.6 Å². The van der Waals surface area contributed by atoms with Crippen LogP contribution in [0.4, 0.5) is 0 Å². The molecular formula is C12H17NO3. The zero-order valence-corrected chi connectivity index (χ0v) is 9.82. The maximum absolute atomic E-state index is 10.9. The minimum Gasteiger partial charge on any atom is -0.496 e. The first-order valence-electron chi connectivity index (χ1n) is 5.09. The van der Waals surface area contributed by atoms with Crippen LogP contribution >= 0.6 is 0 Å². The molecule has 1 unspecified atom stereocenters. The number of benzene rings is 1. The second-order valence-electron chi connectivity index (χ2n) is 3.40. The molecule has 0 saturated carbocycles. The second kappa shape index (κ2) is 6.12. The van der Waals surface area contributed by atoms with Crippen molar-refractivity contribution in [3.05, 3.63) is 29.8 Å². The summed E-state index contributed by atoms with van der Waals surface area (Å²) in [5.74, 6) is 0.691. The number of hydrogen-bond acceptors (Lipinski definition) is 3. The SMILES string of the molecule is COc1ccccc1C(CNC(C)=O)OC. The molecule has 4 nitrogen and oxygen atoms in total. The van der Waals surface area contributed by atoms with Crippen molar-refractivity contribution in [2.45, 2.75) is 13.0 Å². The molecule has 0 aliphatic carbocycles. The minimum atomic E-state index is -0.194. The van der Waals surface area contributed by atoms with E-state index in [9.17, 15) is 4.79 Å². The van der Waals surface area contributed by atoms with Crippen LogP contribution in [0.15, 0.2) is 24.3 Å². The highest BCUT2D eigenvalue weighted by molar-refractivity contribution is 5.72. The fourth-order valence-corrected chi connectivity index (χ4v) is 1.49. The van der Waals surface area contributed by atoms with Crippen molar-refractivity contribution in [2.24, 2.45) is 0 Å². The molecule has 4 heteroatoms. The highest BCUT2D eigenvalue weighted by atomic mass is 16.5. The number of ether oxygens (including phenoxy) is 2. The number of methoxy groups -OCH3 is 2. The van der Waals surface area contributed by atoms with Crippen LogP contribution in [0.2, 0.25) is 0 Å². The zero-order chi connectivity index (χ0) is 12.0. The first-order chi connectivity index (χ1) is 7.69. The van der Waals surface area contributed by atoms with E-state index in [1.54, 1.807) is 14.2 Å². The van der Waals surface area contributed by atoms with E-state index in [0.717, 1.165) is 11.3 Å². The predicted octanol–water partition coefficient (Wildman–Crippen LogP) is 1.52. The lowest BCUT2D eigenvalue weighted by Crippen LogP contribution is -2.27. The molecule has 0 heterocycles. The Morgan fingerprint density at radius 1 is 1.38 bits per heavy atom. The van der Waals surface area contributed by atoms with Crippen molar-refractivity contribution >= 4 is 5.91 Å². The molecule has 1 aromatic carbocycles. The third-order valence-corrected chi connectivity index (χ3v) is 2.31. The van der Waals surface area contributed by atoms with Crippen LogP contribution in [0.5, 0.6) is 5.75 Å². The van der Waals surface area contributed by atoms with Gasteiger partial charge in [-0.3, -0.25) is 4.79 Å². The number of carbonyl (C=O) groups is 1. The Kier molecular flexibility index (Phi) is 4.79. The average Bonchev–Trinajstić information content (AvgIpc) is 2.30. The molecular weight excluding hydrogens is 206 g/mol. The Bertz CT molecular complexity index is 352. The van der Waals surface area contributed by atoms with Gasteiger partial charge in [-0.1, -0.05) is 18.2 Å². The predicted molar refractivity (Wildman–Crippen MR) is 61.4 cm³/mol. The first-order valence-corrected chi connectivity index (χ1v) is 5.09. The van der Waals surface area contributed by atoms with Crippen molar-refractivity contribution in [3.63, 3.8) is 0 Å². The molecule has 1 aromatic rings. The Hall–Kier alpha value is -1.55. The van der Waals surface area contributed by atoms with Crippen LogP contribution in [-0.4, -0.2) is 26.7 Å². The molecule has 0 aliphatic rings. The number of nitrogens with one attached hydrogen (secondary N) is 1. The van der Waals surface area contributed by atoms with Crippen LogP contribution in [0.25, 0.3) is 0 Å². The Balaban J connectivity index is 2.81. The lowest BCUT2D eigenvalue weighted by molar-refractivity contribution is -0.119. The van der Waals surface area contributed by atoms with Gasteiger partial charge in [0, 0.05) is 26.1 Å². The van der Waals surface area contributed by atoms with E-state index < -0.39 is 0 Å². The van der Waals surface area contributed by atoms with E-state index in [2.05, 4.69) is 5.32 Å². The fourth-order valence-electron chi connectivity index (χ4n) is 1.49. The summed E-state index contributed by atoms with van der Waals surface area (Å²) in [4.78, 5) is 10.9. The molecule has 1 rings (SSSR count). The maximum atomic E-state index is 10.9. The molecule has 0 aromatic heterocycles. The van der Waals surface area contributed by atoms with Crippen molar-refractivity contribution in [1.82, 2.24) is 5.32 Å². The number of carbonyl (C=O) groups excluding carboxylic acids is 1. The Labute approximate surface area is 95.6 Å². The number of hydrogen-bond donors (Lipinski definition) is 1. The van der Waals surface area contributed by atoms with E-state index in [1.807, 2.05) is 24.3 Å². The molecule has 16 heavy (non-hydrogen) atoms. The van der Waals surface area contributed by atoms with Gasteiger partial charge in [-0.15, -0.1) is 0 Å². The standard InChI is InChI=1S/C12H17NO3/c1-9(14)13-8-12(16-3)10-6-4-5-7-11(10)15-2/h4-7,12H,8H2,1-3H3,(H,13,14). The van der Waals surface area contributed by atoms with Gasteiger partial charge >= 0.3 is 0 Å². The molecule has 0 saturated heterocycles. The Morgan fingerprint density at radius 3 is 2.62 bits per heavy atom. The summed E-state index contributed by atoms with van der Waals surface area (Å²) in [7, 11) is 3.23. The summed E-state index contributed by atoms with van der Waals surface area (Å²) in [5.41, 5.74) is 0.932. The summed E-state index contributed by atoms with van der Waals surface area (Å²) in [5, 5.41) is 2.73. The fraction of sp³-hybridized carbons (Fsp3) is 0.417. The molecule has 0 aliphatic heterocycles. The largest absolute Gasteiger partial charge is 0.496 e. The number of amides is 1. The summed E-state index contributed by atoms with van der Waals surface area (Å²) >= 11 is 0. The van der Waals surface area contributed by atoms with Gasteiger partial charge in [-0.25, -0.2) is 0 Å². The summed E-state index contributed by atoms with van der Waals surface area (Å²) in [6.07, 6.45) is -0.194. The van der Waals surface area contributed by atoms with Crippen molar-refractivity contribution < 1.29 is 14.3 Å². The summed E-state index contributed by atoms with van der Waals surface area (Å²) < 4.78 is 10.6. The molecule has 0 radical (unpaired) electrons. The van der Waals surface area contributed by atoms with Gasteiger partial charge in [-0.2, -0.15) is 0 Å². The van der Waals surface area contributed by atoms with Crippen LogP contribution in [0, 0.1) is 0 Å². The third kappa shape index (κ3) is 3.24. The van der Waals surface area contributed by atoms with Gasteiger partial charge in [0.25, 0.3) is 0 Å². The maximum Gasteiger partial charge on any atom is 0.216 e. The Morgan fingerprint density at radius 2 is 2.06 bits per heavy atom. The number of rotatable bonds is 5. The van der Waals surface area contributed by atoms with E-state index in [4.69, 9.17) is 9.47 Å². The molecule has 1 N–H and O–H groups in total. The van der Waals surface area contributed by atoms with Gasteiger partial charge in [-0.05, 0) is 6.07 Å². The molecule has 0 spiro atoms. The molecule has 1 amide bonds. The van der Waals surface area contributed by atoms with Crippen LogP contribution in [0.3, 0.4) is 0 Å². The van der Waals surface area contributed by atoms with Crippen molar-refractivity contribution in [1.29, 1.82) is 0 Å². The topological polar surface area (TPSA) is 47.6 Å². The van der Waals surface area contributed by atoms with Gasteiger partial charge < -0.3 is 14.8 Å². The third-order valence-electron chi connectivity index (χ3n) is 2.31. The number of para-hydroxylation sites is 1. The monoisotopic (exact) mass is 223 g/mol.